The summed E-state index contributed by atoms with van der Waals surface area (Å²) in [7, 11) is 1.71. The largest absolute Gasteiger partial charge is 0.382 e. The number of rotatable bonds is 7. The van der Waals surface area contributed by atoms with Gasteiger partial charge in [-0.25, -0.2) is 0 Å². The quantitative estimate of drug-likeness (QED) is 0.672. The van der Waals surface area contributed by atoms with Gasteiger partial charge < -0.3 is 19.7 Å². The molecule has 2 rings (SSSR count). The Kier molecular flexibility index (Phi) is 5.71. The molecule has 2 bridgehead atoms. The van der Waals surface area contributed by atoms with Crippen LogP contribution in [-0.4, -0.2) is 63.5 Å². The van der Waals surface area contributed by atoms with E-state index in [2.05, 4.69) is 10.2 Å². The first kappa shape index (κ1) is 13.3. The summed E-state index contributed by atoms with van der Waals surface area (Å²) in [5, 5.41) is 3.71. The zero-order valence-electron chi connectivity index (χ0n) is 11.0. The van der Waals surface area contributed by atoms with E-state index in [1.807, 2.05) is 0 Å². The summed E-state index contributed by atoms with van der Waals surface area (Å²) >= 11 is 0. The van der Waals surface area contributed by atoms with Crippen molar-refractivity contribution in [1.82, 2.24) is 10.2 Å². The second kappa shape index (κ2) is 7.31. The molecule has 0 aromatic carbocycles. The molecule has 0 saturated carbocycles. The van der Waals surface area contributed by atoms with Gasteiger partial charge in [0.1, 0.15) is 0 Å². The van der Waals surface area contributed by atoms with Crippen LogP contribution in [0.3, 0.4) is 0 Å². The third-order valence-electron chi connectivity index (χ3n) is 3.80. The van der Waals surface area contributed by atoms with Crippen molar-refractivity contribution < 1.29 is 9.47 Å². The molecule has 0 amide bonds. The standard InChI is InChI=1S/C13H26N2O2/c1-16-9-10-17-8-2-6-15-7-5-12-3-4-13(11-15)14-12/h12-14H,2-11H2,1H3. The average Bonchev–Trinajstić information content (AvgIpc) is 2.66. The molecule has 17 heavy (non-hydrogen) atoms. The summed E-state index contributed by atoms with van der Waals surface area (Å²) in [6.07, 6.45) is 5.21. The molecule has 0 aromatic rings. The molecule has 0 aromatic heterocycles. The highest BCUT2D eigenvalue weighted by molar-refractivity contribution is 4.89. The third kappa shape index (κ3) is 4.54. The third-order valence-corrected chi connectivity index (χ3v) is 3.80. The average molecular weight is 242 g/mol. The molecule has 2 atom stereocenters. The van der Waals surface area contributed by atoms with Gasteiger partial charge in [-0.2, -0.15) is 0 Å². The molecule has 4 nitrogen and oxygen atoms in total. The number of likely N-dealkylation sites (tertiary alicyclic amines) is 1. The predicted molar refractivity (Wildman–Crippen MR) is 68.3 cm³/mol. The predicted octanol–water partition coefficient (Wildman–Crippen LogP) is 0.866. The molecule has 2 aliphatic heterocycles. The van der Waals surface area contributed by atoms with E-state index >= 15 is 0 Å². The lowest BCUT2D eigenvalue weighted by Gasteiger charge is -2.23. The summed E-state index contributed by atoms with van der Waals surface area (Å²) in [4.78, 5) is 2.59. The number of fused-ring (bicyclic) bond motifs is 2. The maximum atomic E-state index is 5.49. The van der Waals surface area contributed by atoms with Gasteiger partial charge in [0.05, 0.1) is 13.2 Å². The molecule has 100 valence electrons. The van der Waals surface area contributed by atoms with Gasteiger partial charge in [0.2, 0.25) is 0 Å². The topological polar surface area (TPSA) is 33.7 Å². The van der Waals surface area contributed by atoms with Gasteiger partial charge in [-0.15, -0.1) is 0 Å². The van der Waals surface area contributed by atoms with Gasteiger partial charge >= 0.3 is 0 Å². The molecule has 2 aliphatic rings. The van der Waals surface area contributed by atoms with Crippen LogP contribution in [0.25, 0.3) is 0 Å². The lowest BCUT2D eigenvalue weighted by Crippen LogP contribution is -2.36. The van der Waals surface area contributed by atoms with Crippen molar-refractivity contribution in [2.24, 2.45) is 0 Å². The lowest BCUT2D eigenvalue weighted by atomic mass is 10.1. The Morgan fingerprint density at radius 2 is 2.00 bits per heavy atom. The van der Waals surface area contributed by atoms with Crippen LogP contribution in [0.5, 0.6) is 0 Å². The smallest absolute Gasteiger partial charge is 0.0700 e. The molecule has 0 spiro atoms. The molecule has 2 heterocycles. The monoisotopic (exact) mass is 242 g/mol. The molecular weight excluding hydrogens is 216 g/mol. The van der Waals surface area contributed by atoms with Crippen molar-refractivity contribution in [2.45, 2.75) is 37.8 Å². The molecule has 2 saturated heterocycles. The molecule has 1 N–H and O–H groups in total. The Labute approximate surface area is 105 Å². The van der Waals surface area contributed by atoms with E-state index in [0.29, 0.717) is 6.61 Å². The Balaban J connectivity index is 1.53. The molecule has 0 aliphatic carbocycles. The normalized spacial score (nSPS) is 29.5. The first-order valence-corrected chi connectivity index (χ1v) is 6.93. The highest BCUT2D eigenvalue weighted by atomic mass is 16.5. The summed E-state index contributed by atoms with van der Waals surface area (Å²) in [6.45, 7) is 5.96. The van der Waals surface area contributed by atoms with E-state index in [1.165, 1.54) is 38.9 Å². The zero-order valence-corrected chi connectivity index (χ0v) is 11.0. The van der Waals surface area contributed by atoms with Gasteiger partial charge in [0, 0.05) is 38.9 Å². The van der Waals surface area contributed by atoms with Crippen LogP contribution in [-0.2, 0) is 9.47 Å². The first-order chi connectivity index (χ1) is 8.38. The van der Waals surface area contributed by atoms with E-state index in [-0.39, 0.29) is 0 Å². The van der Waals surface area contributed by atoms with Gasteiger partial charge in [0.15, 0.2) is 0 Å². The number of methoxy groups -OCH3 is 1. The summed E-state index contributed by atoms with van der Waals surface area (Å²) in [5.41, 5.74) is 0. The Morgan fingerprint density at radius 3 is 2.88 bits per heavy atom. The maximum Gasteiger partial charge on any atom is 0.0700 e. The van der Waals surface area contributed by atoms with Crippen molar-refractivity contribution in [3.05, 3.63) is 0 Å². The summed E-state index contributed by atoms with van der Waals surface area (Å²) in [5.74, 6) is 0. The molecule has 2 fully saturated rings. The minimum atomic E-state index is 0.706. The number of nitrogens with one attached hydrogen (secondary N) is 1. The number of hydrogen-bond donors (Lipinski definition) is 1. The van der Waals surface area contributed by atoms with Crippen molar-refractivity contribution in [3.63, 3.8) is 0 Å². The fourth-order valence-corrected chi connectivity index (χ4v) is 2.85. The van der Waals surface area contributed by atoms with Crippen molar-refractivity contribution >= 4 is 0 Å². The van der Waals surface area contributed by atoms with Crippen molar-refractivity contribution in [1.29, 1.82) is 0 Å². The van der Waals surface area contributed by atoms with E-state index in [4.69, 9.17) is 9.47 Å². The second-order valence-corrected chi connectivity index (χ2v) is 5.19. The molecular formula is C13H26N2O2. The highest BCUT2D eigenvalue weighted by Crippen LogP contribution is 2.20. The van der Waals surface area contributed by atoms with Gasteiger partial charge in [-0.05, 0) is 32.2 Å². The van der Waals surface area contributed by atoms with Crippen LogP contribution in [0.4, 0.5) is 0 Å². The van der Waals surface area contributed by atoms with Crippen molar-refractivity contribution in [2.75, 3.05) is 46.6 Å². The maximum absolute atomic E-state index is 5.49. The summed E-state index contributed by atoms with van der Waals surface area (Å²) in [6, 6.07) is 1.54. The zero-order chi connectivity index (χ0) is 11.9. The number of ether oxygens (including phenoxy) is 2. The van der Waals surface area contributed by atoms with Crippen LogP contribution in [0, 0.1) is 0 Å². The molecule has 2 unspecified atom stereocenters. The van der Waals surface area contributed by atoms with Crippen LogP contribution >= 0.6 is 0 Å². The van der Waals surface area contributed by atoms with Gasteiger partial charge in [0.25, 0.3) is 0 Å². The van der Waals surface area contributed by atoms with E-state index in [9.17, 15) is 0 Å². The van der Waals surface area contributed by atoms with E-state index < -0.39 is 0 Å². The number of nitrogens with zero attached hydrogens (tertiary/aromatic N) is 1. The van der Waals surface area contributed by atoms with Crippen molar-refractivity contribution in [3.8, 4) is 0 Å². The fraction of sp³-hybridized carbons (Fsp3) is 1.00. The molecule has 0 radical (unpaired) electrons. The van der Waals surface area contributed by atoms with E-state index in [0.717, 1.165) is 31.7 Å². The van der Waals surface area contributed by atoms with Gasteiger partial charge in [-0.3, -0.25) is 0 Å². The highest BCUT2D eigenvalue weighted by Gasteiger charge is 2.28. The first-order valence-electron chi connectivity index (χ1n) is 6.93. The number of hydrogen-bond acceptors (Lipinski definition) is 4. The SMILES string of the molecule is COCCOCCCN1CCC2CCC(C1)N2. The van der Waals surface area contributed by atoms with Crippen LogP contribution in [0.2, 0.25) is 0 Å². The minimum absolute atomic E-state index is 0.706. The van der Waals surface area contributed by atoms with Crippen LogP contribution < -0.4 is 5.32 Å². The fourth-order valence-electron chi connectivity index (χ4n) is 2.85. The Bertz CT molecular complexity index is 214. The van der Waals surface area contributed by atoms with Crippen LogP contribution in [0.1, 0.15) is 25.7 Å². The molecule has 4 heteroatoms. The minimum Gasteiger partial charge on any atom is -0.382 e. The van der Waals surface area contributed by atoms with Gasteiger partial charge in [-0.1, -0.05) is 0 Å². The Hall–Kier alpha value is -0.160. The lowest BCUT2D eigenvalue weighted by molar-refractivity contribution is 0.0650. The van der Waals surface area contributed by atoms with E-state index in [1.54, 1.807) is 7.11 Å². The summed E-state index contributed by atoms with van der Waals surface area (Å²) < 4.78 is 10.4. The second-order valence-electron chi connectivity index (χ2n) is 5.19. The Morgan fingerprint density at radius 1 is 1.12 bits per heavy atom. The van der Waals surface area contributed by atoms with Crippen LogP contribution in [0.15, 0.2) is 0 Å².